The standard InChI is InChI=1S/C9H17BrN2O/c1-4-8(3)12-9(13)6-11-5-7(2)10/h8,11H,2,4-6H2,1,3H3,(H,12,13). The highest BCUT2D eigenvalue weighted by atomic mass is 79.9. The Kier molecular flexibility index (Phi) is 6.90. The summed E-state index contributed by atoms with van der Waals surface area (Å²) in [5, 5.41) is 5.81. The summed E-state index contributed by atoms with van der Waals surface area (Å²) < 4.78 is 0.851. The Balaban J connectivity index is 3.46. The zero-order chi connectivity index (χ0) is 10.3. The van der Waals surface area contributed by atoms with Crippen molar-refractivity contribution >= 4 is 21.8 Å². The maximum Gasteiger partial charge on any atom is 0.234 e. The van der Waals surface area contributed by atoms with E-state index in [1.54, 1.807) is 0 Å². The van der Waals surface area contributed by atoms with Gasteiger partial charge in [0.2, 0.25) is 5.91 Å². The monoisotopic (exact) mass is 248 g/mol. The van der Waals surface area contributed by atoms with Gasteiger partial charge in [-0.2, -0.15) is 0 Å². The van der Waals surface area contributed by atoms with Crippen molar-refractivity contribution in [3.05, 3.63) is 11.1 Å². The van der Waals surface area contributed by atoms with Crippen molar-refractivity contribution in [3.63, 3.8) is 0 Å². The Morgan fingerprint density at radius 2 is 2.15 bits per heavy atom. The lowest BCUT2D eigenvalue weighted by Gasteiger charge is -2.11. The Morgan fingerprint density at radius 3 is 2.62 bits per heavy atom. The summed E-state index contributed by atoms with van der Waals surface area (Å²) in [6.07, 6.45) is 0.955. The van der Waals surface area contributed by atoms with Gasteiger partial charge < -0.3 is 10.6 Å². The van der Waals surface area contributed by atoms with Crippen LogP contribution >= 0.6 is 15.9 Å². The van der Waals surface area contributed by atoms with E-state index >= 15 is 0 Å². The molecule has 1 atom stereocenters. The minimum atomic E-state index is 0.0306. The van der Waals surface area contributed by atoms with Crippen LogP contribution in [0.5, 0.6) is 0 Å². The summed E-state index contributed by atoms with van der Waals surface area (Å²) in [5.74, 6) is 0.0306. The fraction of sp³-hybridized carbons (Fsp3) is 0.667. The molecular weight excluding hydrogens is 232 g/mol. The molecule has 0 saturated heterocycles. The topological polar surface area (TPSA) is 41.1 Å². The van der Waals surface area contributed by atoms with Crippen molar-refractivity contribution in [1.82, 2.24) is 10.6 Å². The summed E-state index contributed by atoms with van der Waals surface area (Å²) in [4.78, 5) is 11.2. The largest absolute Gasteiger partial charge is 0.353 e. The van der Waals surface area contributed by atoms with Gasteiger partial charge in [-0.05, 0) is 13.3 Å². The molecule has 76 valence electrons. The van der Waals surface area contributed by atoms with Gasteiger partial charge in [0.05, 0.1) is 6.54 Å². The van der Waals surface area contributed by atoms with Crippen molar-refractivity contribution in [1.29, 1.82) is 0 Å². The van der Waals surface area contributed by atoms with Crippen LogP contribution in [0.4, 0.5) is 0 Å². The minimum absolute atomic E-state index is 0.0306. The van der Waals surface area contributed by atoms with Crippen molar-refractivity contribution in [2.45, 2.75) is 26.3 Å². The second-order valence-electron chi connectivity index (χ2n) is 3.00. The van der Waals surface area contributed by atoms with Crippen LogP contribution in [0.1, 0.15) is 20.3 Å². The molecule has 1 unspecified atom stereocenters. The zero-order valence-corrected chi connectivity index (χ0v) is 9.78. The van der Waals surface area contributed by atoms with Gasteiger partial charge in [-0.25, -0.2) is 0 Å². The number of hydrogen-bond donors (Lipinski definition) is 2. The highest BCUT2D eigenvalue weighted by Crippen LogP contribution is 1.95. The Hall–Kier alpha value is -0.350. The predicted octanol–water partition coefficient (Wildman–Crippen LogP) is 1.40. The third-order valence-corrected chi connectivity index (χ3v) is 1.90. The van der Waals surface area contributed by atoms with E-state index in [-0.39, 0.29) is 11.9 Å². The second kappa shape index (κ2) is 7.09. The van der Waals surface area contributed by atoms with Gasteiger partial charge >= 0.3 is 0 Å². The van der Waals surface area contributed by atoms with E-state index in [9.17, 15) is 4.79 Å². The highest BCUT2D eigenvalue weighted by molar-refractivity contribution is 9.11. The normalized spacial score (nSPS) is 12.2. The first-order valence-corrected chi connectivity index (χ1v) is 5.19. The molecule has 0 aromatic rings. The number of rotatable bonds is 6. The van der Waals surface area contributed by atoms with Crippen LogP contribution in [-0.4, -0.2) is 25.0 Å². The summed E-state index contributed by atoms with van der Waals surface area (Å²) in [5.41, 5.74) is 0. The molecule has 0 spiro atoms. The second-order valence-corrected chi connectivity index (χ2v) is 4.12. The van der Waals surface area contributed by atoms with Crippen molar-refractivity contribution in [2.75, 3.05) is 13.1 Å². The number of amides is 1. The van der Waals surface area contributed by atoms with E-state index < -0.39 is 0 Å². The summed E-state index contributed by atoms with van der Waals surface area (Å²) in [6.45, 7) is 8.64. The van der Waals surface area contributed by atoms with Gasteiger partial charge in [0, 0.05) is 17.1 Å². The molecule has 2 N–H and O–H groups in total. The fourth-order valence-electron chi connectivity index (χ4n) is 0.740. The molecule has 0 aromatic carbocycles. The third-order valence-electron chi connectivity index (χ3n) is 1.62. The molecule has 0 fully saturated rings. The van der Waals surface area contributed by atoms with Crippen molar-refractivity contribution in [2.24, 2.45) is 0 Å². The molecule has 4 heteroatoms. The molecule has 3 nitrogen and oxygen atoms in total. The molecule has 13 heavy (non-hydrogen) atoms. The lowest BCUT2D eigenvalue weighted by Crippen LogP contribution is -2.38. The van der Waals surface area contributed by atoms with Gasteiger partial charge in [0.1, 0.15) is 0 Å². The first kappa shape index (κ1) is 12.7. The van der Waals surface area contributed by atoms with Crippen molar-refractivity contribution in [3.8, 4) is 0 Å². The van der Waals surface area contributed by atoms with E-state index in [1.807, 2.05) is 13.8 Å². The molecule has 1 amide bonds. The molecule has 0 bridgehead atoms. The molecule has 0 heterocycles. The first-order valence-electron chi connectivity index (χ1n) is 4.39. The maximum atomic E-state index is 11.2. The molecule has 0 aliphatic carbocycles. The van der Waals surface area contributed by atoms with E-state index in [4.69, 9.17) is 0 Å². The molecule has 0 aromatic heterocycles. The molecule has 0 saturated carbocycles. The van der Waals surface area contributed by atoms with E-state index in [2.05, 4.69) is 33.1 Å². The third kappa shape index (κ3) is 7.99. The Bertz CT molecular complexity index is 182. The number of nitrogens with one attached hydrogen (secondary N) is 2. The average molecular weight is 249 g/mol. The van der Waals surface area contributed by atoms with Crippen LogP contribution in [0.25, 0.3) is 0 Å². The number of hydrogen-bond acceptors (Lipinski definition) is 2. The van der Waals surface area contributed by atoms with Gasteiger partial charge in [-0.3, -0.25) is 4.79 Å². The first-order chi connectivity index (χ1) is 6.06. The van der Waals surface area contributed by atoms with Crippen LogP contribution in [0.3, 0.4) is 0 Å². The maximum absolute atomic E-state index is 11.2. The average Bonchev–Trinajstić information content (AvgIpc) is 2.03. The Morgan fingerprint density at radius 1 is 1.54 bits per heavy atom. The highest BCUT2D eigenvalue weighted by Gasteiger charge is 2.03. The molecule has 0 rings (SSSR count). The molecular formula is C9H17BrN2O. The minimum Gasteiger partial charge on any atom is -0.353 e. The van der Waals surface area contributed by atoms with Crippen LogP contribution in [0.15, 0.2) is 11.1 Å². The fourth-order valence-corrected chi connectivity index (χ4v) is 0.938. The van der Waals surface area contributed by atoms with Crippen LogP contribution in [-0.2, 0) is 4.79 Å². The molecule has 0 radical (unpaired) electrons. The van der Waals surface area contributed by atoms with Crippen LogP contribution < -0.4 is 10.6 Å². The smallest absolute Gasteiger partial charge is 0.234 e. The predicted molar refractivity (Wildman–Crippen MR) is 58.8 cm³/mol. The van der Waals surface area contributed by atoms with Crippen LogP contribution in [0, 0.1) is 0 Å². The quantitative estimate of drug-likeness (QED) is 0.747. The summed E-state index contributed by atoms with van der Waals surface area (Å²) in [6, 6.07) is 0.251. The molecule has 0 aliphatic rings. The zero-order valence-electron chi connectivity index (χ0n) is 8.19. The van der Waals surface area contributed by atoms with E-state index in [0.29, 0.717) is 13.1 Å². The number of carbonyl (C=O) groups excluding carboxylic acids is 1. The van der Waals surface area contributed by atoms with Gasteiger partial charge in [-0.1, -0.05) is 29.4 Å². The number of carbonyl (C=O) groups is 1. The lowest BCUT2D eigenvalue weighted by atomic mass is 10.2. The van der Waals surface area contributed by atoms with E-state index in [0.717, 1.165) is 10.9 Å². The SMILES string of the molecule is C=C(Br)CNCC(=O)NC(C)CC. The van der Waals surface area contributed by atoms with Gasteiger partial charge in [0.15, 0.2) is 0 Å². The van der Waals surface area contributed by atoms with Crippen molar-refractivity contribution < 1.29 is 4.79 Å². The molecule has 0 aliphatic heterocycles. The van der Waals surface area contributed by atoms with E-state index in [1.165, 1.54) is 0 Å². The lowest BCUT2D eigenvalue weighted by molar-refractivity contribution is -0.120. The summed E-state index contributed by atoms with van der Waals surface area (Å²) >= 11 is 3.20. The van der Waals surface area contributed by atoms with Gasteiger partial charge in [0.25, 0.3) is 0 Å². The number of halogens is 1. The Labute approximate surface area is 88.1 Å². The van der Waals surface area contributed by atoms with Gasteiger partial charge in [-0.15, -0.1) is 0 Å². The van der Waals surface area contributed by atoms with Crippen LogP contribution in [0.2, 0.25) is 0 Å². The summed E-state index contributed by atoms with van der Waals surface area (Å²) in [7, 11) is 0.